The lowest BCUT2D eigenvalue weighted by Crippen LogP contribution is -2.41. The number of anilines is 3. The van der Waals surface area contributed by atoms with Crippen LogP contribution in [0.15, 0.2) is 30.3 Å². The molecular weight excluding hydrogens is 338 g/mol. The molecule has 6 nitrogen and oxygen atoms in total. The Morgan fingerprint density at radius 1 is 1.20 bits per heavy atom. The first-order chi connectivity index (χ1) is 12.1. The summed E-state index contributed by atoms with van der Waals surface area (Å²) in [6.07, 6.45) is 4.44. The lowest BCUT2D eigenvalue weighted by atomic mass is 9.69. The summed E-state index contributed by atoms with van der Waals surface area (Å²) < 4.78 is 0. The Labute approximate surface area is 152 Å². The van der Waals surface area contributed by atoms with E-state index in [0.717, 1.165) is 19.3 Å². The summed E-state index contributed by atoms with van der Waals surface area (Å²) >= 11 is 5.94. The number of aliphatic hydroxyl groups excluding tert-OH is 1. The quantitative estimate of drug-likeness (QED) is 0.564. The normalized spacial score (nSPS) is 20.7. The lowest BCUT2D eigenvalue weighted by molar-refractivity contribution is 0.124. The molecule has 1 unspecified atom stereocenters. The summed E-state index contributed by atoms with van der Waals surface area (Å²) in [5.41, 5.74) is 13.2. The largest absolute Gasteiger partial charge is 0.394 e. The molecule has 7 heteroatoms. The van der Waals surface area contributed by atoms with Crippen LogP contribution in [0.3, 0.4) is 0 Å². The van der Waals surface area contributed by atoms with Crippen molar-refractivity contribution in [3.8, 4) is 0 Å². The lowest BCUT2D eigenvalue weighted by Gasteiger charge is -2.40. The zero-order chi connectivity index (χ0) is 17.8. The molecule has 0 saturated heterocycles. The van der Waals surface area contributed by atoms with Gasteiger partial charge in [0.1, 0.15) is 5.69 Å². The predicted molar refractivity (Wildman–Crippen MR) is 101 cm³/mol. The van der Waals surface area contributed by atoms with E-state index in [9.17, 15) is 5.11 Å². The fourth-order valence-corrected chi connectivity index (χ4v) is 3.60. The van der Waals surface area contributed by atoms with Gasteiger partial charge < -0.3 is 21.9 Å². The molecule has 1 fully saturated rings. The zero-order valence-electron chi connectivity index (χ0n) is 14.0. The Hall–Kier alpha value is -2.05. The molecule has 1 atom stereocenters. The topological polar surface area (TPSA) is 110 Å². The van der Waals surface area contributed by atoms with Gasteiger partial charge in [-0.25, -0.2) is 0 Å². The van der Waals surface area contributed by atoms with Gasteiger partial charge >= 0.3 is 0 Å². The number of nitrogens with two attached hydrogens (primary N) is 2. The van der Waals surface area contributed by atoms with E-state index >= 15 is 0 Å². The third-order valence-corrected chi connectivity index (χ3v) is 5.25. The smallest absolute Gasteiger partial charge is 0.223 e. The van der Waals surface area contributed by atoms with Crippen LogP contribution in [0.25, 0.3) is 0 Å². The number of benzene rings is 1. The summed E-state index contributed by atoms with van der Waals surface area (Å²) in [4.78, 5) is 7.91. The van der Waals surface area contributed by atoms with Crippen LogP contribution >= 0.6 is 11.6 Å². The molecule has 2 aromatic rings. The van der Waals surface area contributed by atoms with Crippen molar-refractivity contribution in [3.05, 3.63) is 41.0 Å². The van der Waals surface area contributed by atoms with Gasteiger partial charge in [-0.05, 0) is 43.1 Å². The van der Waals surface area contributed by atoms with Crippen LogP contribution in [-0.4, -0.2) is 27.7 Å². The van der Waals surface area contributed by atoms with Crippen LogP contribution in [0.4, 0.5) is 17.5 Å². The number of nitrogen functional groups attached to an aromatic ring is 2. The molecule has 1 aromatic carbocycles. The summed E-state index contributed by atoms with van der Waals surface area (Å²) in [6, 6.07) is 10.4. The first-order valence-electron chi connectivity index (χ1n) is 8.56. The van der Waals surface area contributed by atoms with Gasteiger partial charge in [0.15, 0.2) is 11.0 Å². The molecule has 6 N–H and O–H groups in total. The summed E-state index contributed by atoms with van der Waals surface area (Å²) in [6.45, 7) is 0.0110. The van der Waals surface area contributed by atoms with Crippen molar-refractivity contribution in [2.75, 3.05) is 23.4 Å². The molecule has 0 spiro atoms. The van der Waals surface area contributed by atoms with E-state index in [0.29, 0.717) is 17.7 Å². The number of aromatic nitrogens is 2. The van der Waals surface area contributed by atoms with Gasteiger partial charge in [0.05, 0.1) is 12.6 Å². The van der Waals surface area contributed by atoms with Crippen LogP contribution in [0.5, 0.6) is 0 Å². The summed E-state index contributed by atoms with van der Waals surface area (Å²) in [5.74, 6) is 1.54. The molecule has 3 rings (SSSR count). The number of hydrogen-bond donors (Lipinski definition) is 4. The fraction of sp³-hybridized carbons (Fsp3) is 0.444. The molecule has 1 aliphatic rings. The third kappa shape index (κ3) is 4.32. The molecular formula is C18H24ClN5O. The van der Waals surface area contributed by atoms with Crippen LogP contribution in [0, 0.1) is 11.8 Å². The van der Waals surface area contributed by atoms with E-state index in [2.05, 4.69) is 39.6 Å². The molecule has 25 heavy (non-hydrogen) atoms. The van der Waals surface area contributed by atoms with Gasteiger partial charge in [-0.1, -0.05) is 41.9 Å². The van der Waals surface area contributed by atoms with Gasteiger partial charge in [0, 0.05) is 0 Å². The van der Waals surface area contributed by atoms with Gasteiger partial charge in [-0.3, -0.25) is 0 Å². The molecule has 0 bridgehead atoms. The molecule has 1 aromatic heterocycles. The summed E-state index contributed by atoms with van der Waals surface area (Å²) in [5, 5.41) is 13.0. The standard InChI is InChI=1S/C18H24ClN5O/c19-16-15(20)17(24-18(21)23-16)22-14(10-25)13-8-12(9-13)7-6-11-4-2-1-3-5-11/h1-5,12-14,25H,6-10,20H2,(H3,21,22,23,24). The molecule has 1 heterocycles. The van der Waals surface area contributed by atoms with E-state index in [4.69, 9.17) is 23.1 Å². The van der Waals surface area contributed by atoms with E-state index in [1.165, 1.54) is 12.0 Å². The highest BCUT2D eigenvalue weighted by atomic mass is 35.5. The molecule has 1 aliphatic carbocycles. The number of nitrogens with one attached hydrogen (secondary N) is 1. The predicted octanol–water partition coefficient (Wildman–Crippen LogP) is 2.73. The van der Waals surface area contributed by atoms with Gasteiger partial charge in [0.25, 0.3) is 0 Å². The Balaban J connectivity index is 1.52. The Kier molecular flexibility index (Phi) is 5.60. The molecule has 0 aliphatic heterocycles. The van der Waals surface area contributed by atoms with Gasteiger partial charge in [-0.15, -0.1) is 0 Å². The van der Waals surface area contributed by atoms with Crippen LogP contribution < -0.4 is 16.8 Å². The minimum Gasteiger partial charge on any atom is -0.394 e. The van der Waals surface area contributed by atoms with E-state index in [1.54, 1.807) is 0 Å². The minimum atomic E-state index is -0.111. The highest BCUT2D eigenvalue weighted by molar-refractivity contribution is 6.32. The SMILES string of the molecule is Nc1nc(Cl)c(N)c(NC(CO)C2CC(CCc3ccccc3)C2)n1. The second kappa shape index (κ2) is 7.89. The fourth-order valence-electron chi connectivity index (χ4n) is 3.42. The van der Waals surface area contributed by atoms with Crippen molar-refractivity contribution in [2.45, 2.75) is 31.7 Å². The summed E-state index contributed by atoms with van der Waals surface area (Å²) in [7, 11) is 0. The number of nitrogens with zero attached hydrogens (tertiary/aromatic N) is 2. The average Bonchev–Trinajstić information content (AvgIpc) is 2.57. The first kappa shape index (κ1) is 17.8. The molecule has 0 amide bonds. The van der Waals surface area contributed by atoms with Crippen LogP contribution in [-0.2, 0) is 6.42 Å². The highest BCUT2D eigenvalue weighted by Crippen LogP contribution is 2.40. The second-order valence-corrected chi connectivity index (χ2v) is 7.05. The maximum absolute atomic E-state index is 9.74. The van der Waals surface area contributed by atoms with Crippen molar-refractivity contribution in [1.29, 1.82) is 0 Å². The minimum absolute atomic E-state index is 0.0110. The van der Waals surface area contributed by atoms with Crippen molar-refractivity contribution in [1.82, 2.24) is 9.97 Å². The molecule has 134 valence electrons. The highest BCUT2D eigenvalue weighted by Gasteiger charge is 2.35. The van der Waals surface area contributed by atoms with Gasteiger partial charge in [-0.2, -0.15) is 9.97 Å². The maximum Gasteiger partial charge on any atom is 0.223 e. The van der Waals surface area contributed by atoms with Crippen molar-refractivity contribution in [3.63, 3.8) is 0 Å². The maximum atomic E-state index is 9.74. The van der Waals surface area contributed by atoms with Crippen molar-refractivity contribution >= 4 is 29.1 Å². The Morgan fingerprint density at radius 3 is 2.60 bits per heavy atom. The number of aryl methyl sites for hydroxylation is 1. The first-order valence-corrected chi connectivity index (χ1v) is 8.94. The molecule has 1 saturated carbocycles. The van der Waals surface area contributed by atoms with E-state index in [1.807, 2.05) is 6.07 Å². The molecule has 0 radical (unpaired) electrons. The number of hydrogen-bond acceptors (Lipinski definition) is 6. The monoisotopic (exact) mass is 361 g/mol. The number of halogens is 1. The number of aliphatic hydroxyl groups is 1. The Morgan fingerprint density at radius 2 is 1.92 bits per heavy atom. The number of rotatable bonds is 7. The van der Waals surface area contributed by atoms with E-state index < -0.39 is 0 Å². The van der Waals surface area contributed by atoms with Crippen LogP contribution in [0.2, 0.25) is 5.15 Å². The van der Waals surface area contributed by atoms with E-state index in [-0.39, 0.29) is 29.4 Å². The third-order valence-electron chi connectivity index (χ3n) is 4.96. The Bertz CT molecular complexity index is 706. The second-order valence-electron chi connectivity index (χ2n) is 6.69. The average molecular weight is 362 g/mol. The van der Waals surface area contributed by atoms with Crippen molar-refractivity contribution < 1.29 is 5.11 Å². The zero-order valence-corrected chi connectivity index (χ0v) is 14.8. The van der Waals surface area contributed by atoms with Crippen LogP contribution in [0.1, 0.15) is 24.8 Å². The van der Waals surface area contributed by atoms with Crippen molar-refractivity contribution in [2.24, 2.45) is 11.8 Å². The van der Waals surface area contributed by atoms with Gasteiger partial charge in [0.2, 0.25) is 5.95 Å².